The molecule has 2 aromatic carbocycles. The zero-order valence-electron chi connectivity index (χ0n) is 20.5. The lowest BCUT2D eigenvalue weighted by molar-refractivity contribution is 0.0601. The fraction of sp³-hybridized carbons (Fsp3) is 0.207. The number of benzene rings is 2. The Bertz CT molecular complexity index is 1360. The van der Waals surface area contributed by atoms with Gasteiger partial charge in [0.1, 0.15) is 17.6 Å². The maximum absolute atomic E-state index is 12.0. The first-order chi connectivity index (χ1) is 18.1. The Morgan fingerprint density at radius 3 is 2.70 bits per heavy atom. The van der Waals surface area contributed by atoms with Gasteiger partial charge in [-0.2, -0.15) is 0 Å². The largest absolute Gasteiger partial charge is 0.465 e. The molecule has 0 bridgehead atoms. The molecule has 0 radical (unpaired) electrons. The summed E-state index contributed by atoms with van der Waals surface area (Å²) in [6.07, 6.45) is 2.67. The van der Waals surface area contributed by atoms with Gasteiger partial charge >= 0.3 is 5.97 Å². The summed E-state index contributed by atoms with van der Waals surface area (Å²) >= 11 is 5.77. The minimum atomic E-state index is -0.385. The number of nitrogens with zero attached hydrogens (tertiary/aromatic N) is 2. The lowest BCUT2D eigenvalue weighted by Gasteiger charge is -2.26. The summed E-state index contributed by atoms with van der Waals surface area (Å²) in [5.41, 5.74) is 3.26. The standard InChI is InChI=1S/C29H28N4O3S/c1-35-28(34)21-10-7-9-20(19-21)24-14-15-25(36-24)27-26(23-13-5-6-16-31-23)32-29(37)33(27)18-8-17-30-22-11-3-2-4-12-22/h2-7,9-16,19,26-27,30H,8,17-18H2,1H3,(H,32,37)/t26-,27+/m1/s1. The number of thiocarbonyl (C=S) groups is 1. The molecule has 1 aliphatic heterocycles. The summed E-state index contributed by atoms with van der Waals surface area (Å²) < 4.78 is 11.3. The lowest BCUT2D eigenvalue weighted by Crippen LogP contribution is -2.31. The number of hydrogen-bond acceptors (Lipinski definition) is 6. The number of nitrogens with one attached hydrogen (secondary N) is 2. The van der Waals surface area contributed by atoms with E-state index in [4.69, 9.17) is 21.4 Å². The van der Waals surface area contributed by atoms with E-state index in [1.165, 1.54) is 7.11 Å². The molecule has 3 heterocycles. The Morgan fingerprint density at radius 1 is 1.08 bits per heavy atom. The van der Waals surface area contributed by atoms with Gasteiger partial charge in [0.25, 0.3) is 0 Å². The van der Waals surface area contributed by atoms with Gasteiger partial charge in [-0.1, -0.05) is 36.4 Å². The average Bonchev–Trinajstić information content (AvgIpc) is 3.56. The van der Waals surface area contributed by atoms with Crippen LogP contribution in [-0.4, -0.2) is 41.2 Å². The van der Waals surface area contributed by atoms with Crippen LogP contribution in [0.15, 0.2) is 95.5 Å². The summed E-state index contributed by atoms with van der Waals surface area (Å²) in [6, 6.07) is 26.8. The third kappa shape index (κ3) is 5.49. The number of carbonyl (C=O) groups excluding carboxylic acids is 1. The molecule has 2 aromatic heterocycles. The molecule has 0 amide bonds. The van der Waals surface area contributed by atoms with Crippen molar-refractivity contribution in [1.29, 1.82) is 0 Å². The first-order valence-corrected chi connectivity index (χ1v) is 12.6. The quantitative estimate of drug-likeness (QED) is 0.170. The molecule has 0 saturated carbocycles. The molecule has 1 fully saturated rings. The van der Waals surface area contributed by atoms with Crippen LogP contribution in [0.25, 0.3) is 11.3 Å². The molecule has 37 heavy (non-hydrogen) atoms. The number of ether oxygens (including phenoxy) is 1. The number of pyridine rings is 1. The highest BCUT2D eigenvalue weighted by atomic mass is 32.1. The van der Waals surface area contributed by atoms with Gasteiger partial charge in [0.05, 0.1) is 24.4 Å². The number of carbonyl (C=O) groups is 1. The zero-order valence-corrected chi connectivity index (χ0v) is 21.3. The van der Waals surface area contributed by atoms with E-state index in [-0.39, 0.29) is 18.1 Å². The Balaban J connectivity index is 1.39. The van der Waals surface area contributed by atoms with Crippen LogP contribution in [0.5, 0.6) is 0 Å². The Kier molecular flexibility index (Phi) is 7.46. The molecule has 1 aliphatic rings. The first kappa shape index (κ1) is 24.5. The predicted octanol–water partition coefficient (Wildman–Crippen LogP) is 5.60. The van der Waals surface area contributed by atoms with Crippen LogP contribution in [0.2, 0.25) is 0 Å². The van der Waals surface area contributed by atoms with Crippen molar-refractivity contribution in [3.63, 3.8) is 0 Å². The van der Waals surface area contributed by atoms with Gasteiger partial charge in [-0.15, -0.1) is 0 Å². The monoisotopic (exact) mass is 512 g/mol. The number of esters is 1. The summed E-state index contributed by atoms with van der Waals surface area (Å²) in [6.45, 7) is 1.56. The molecule has 2 atom stereocenters. The second-order valence-corrected chi connectivity index (χ2v) is 9.13. The number of furan rings is 1. The van der Waals surface area contributed by atoms with Gasteiger partial charge in [-0.3, -0.25) is 4.98 Å². The third-order valence-electron chi connectivity index (χ3n) is 6.36. The van der Waals surface area contributed by atoms with Crippen molar-refractivity contribution in [2.45, 2.75) is 18.5 Å². The highest BCUT2D eigenvalue weighted by molar-refractivity contribution is 7.80. The number of methoxy groups -OCH3 is 1. The van der Waals surface area contributed by atoms with E-state index in [2.05, 4.69) is 32.7 Å². The van der Waals surface area contributed by atoms with Crippen LogP contribution in [0.1, 0.15) is 40.3 Å². The number of aromatic nitrogens is 1. The fourth-order valence-corrected chi connectivity index (χ4v) is 4.91. The molecule has 0 unspecified atom stereocenters. The second-order valence-electron chi connectivity index (χ2n) is 8.74. The van der Waals surface area contributed by atoms with E-state index >= 15 is 0 Å². The van der Waals surface area contributed by atoms with Gasteiger partial charge < -0.3 is 24.7 Å². The highest BCUT2D eigenvalue weighted by Crippen LogP contribution is 2.40. The molecule has 1 saturated heterocycles. The lowest BCUT2D eigenvalue weighted by atomic mass is 10.0. The SMILES string of the molecule is COC(=O)c1cccc(-c2ccc([C@H]3[C@@H](c4ccccn4)NC(=S)N3CCCNc3ccccc3)o2)c1. The van der Waals surface area contributed by atoms with Gasteiger partial charge in [0, 0.05) is 30.5 Å². The van der Waals surface area contributed by atoms with Crippen molar-refractivity contribution < 1.29 is 13.9 Å². The molecule has 5 rings (SSSR count). The highest BCUT2D eigenvalue weighted by Gasteiger charge is 2.41. The van der Waals surface area contributed by atoms with E-state index in [0.717, 1.165) is 42.2 Å². The van der Waals surface area contributed by atoms with Crippen molar-refractivity contribution in [3.8, 4) is 11.3 Å². The van der Waals surface area contributed by atoms with Gasteiger partial charge in [-0.05, 0) is 67.2 Å². The minimum Gasteiger partial charge on any atom is -0.465 e. The Morgan fingerprint density at radius 2 is 1.92 bits per heavy atom. The fourth-order valence-electron chi connectivity index (χ4n) is 4.58. The molecular formula is C29H28N4O3S. The van der Waals surface area contributed by atoms with Crippen molar-refractivity contribution in [1.82, 2.24) is 15.2 Å². The Hall–Kier alpha value is -4.17. The van der Waals surface area contributed by atoms with Crippen LogP contribution < -0.4 is 10.6 Å². The van der Waals surface area contributed by atoms with Gasteiger partial charge in [0.2, 0.25) is 0 Å². The third-order valence-corrected chi connectivity index (χ3v) is 6.72. The van der Waals surface area contributed by atoms with Crippen LogP contribution >= 0.6 is 12.2 Å². The molecular weight excluding hydrogens is 484 g/mol. The maximum Gasteiger partial charge on any atom is 0.337 e. The number of anilines is 1. The van der Waals surface area contributed by atoms with Crippen LogP contribution in [0, 0.1) is 0 Å². The summed E-state index contributed by atoms with van der Waals surface area (Å²) in [5.74, 6) is 1.06. The maximum atomic E-state index is 12.0. The van der Waals surface area contributed by atoms with Crippen LogP contribution in [0.3, 0.4) is 0 Å². The van der Waals surface area contributed by atoms with E-state index in [9.17, 15) is 4.79 Å². The van der Waals surface area contributed by atoms with Gasteiger partial charge in [0.15, 0.2) is 5.11 Å². The molecule has 7 nitrogen and oxygen atoms in total. The van der Waals surface area contributed by atoms with Crippen molar-refractivity contribution in [2.75, 3.05) is 25.5 Å². The smallest absolute Gasteiger partial charge is 0.337 e. The summed E-state index contributed by atoms with van der Waals surface area (Å²) in [4.78, 5) is 18.8. The average molecular weight is 513 g/mol. The van der Waals surface area contributed by atoms with Gasteiger partial charge in [-0.25, -0.2) is 4.79 Å². The number of hydrogen-bond donors (Lipinski definition) is 2. The molecule has 8 heteroatoms. The topological polar surface area (TPSA) is 79.6 Å². The van der Waals surface area contributed by atoms with E-state index in [1.807, 2.05) is 60.7 Å². The van der Waals surface area contributed by atoms with E-state index in [1.54, 1.807) is 18.3 Å². The first-order valence-electron chi connectivity index (χ1n) is 12.2. The predicted molar refractivity (Wildman–Crippen MR) is 147 cm³/mol. The number of para-hydroxylation sites is 1. The normalized spacial score (nSPS) is 16.9. The van der Waals surface area contributed by atoms with E-state index in [0.29, 0.717) is 16.4 Å². The van der Waals surface area contributed by atoms with Crippen LogP contribution in [0.4, 0.5) is 5.69 Å². The second kappa shape index (κ2) is 11.3. The van der Waals surface area contributed by atoms with Crippen molar-refractivity contribution in [2.24, 2.45) is 0 Å². The molecule has 188 valence electrons. The van der Waals surface area contributed by atoms with Crippen molar-refractivity contribution >= 4 is 29.0 Å². The molecule has 4 aromatic rings. The summed E-state index contributed by atoms with van der Waals surface area (Å²) in [7, 11) is 1.37. The number of rotatable bonds is 9. The molecule has 0 aliphatic carbocycles. The zero-order chi connectivity index (χ0) is 25.6. The Labute approximate surface area is 221 Å². The van der Waals surface area contributed by atoms with E-state index < -0.39 is 0 Å². The molecule has 0 spiro atoms. The summed E-state index contributed by atoms with van der Waals surface area (Å²) in [5, 5.41) is 7.60. The molecule has 2 N–H and O–H groups in total. The van der Waals surface area contributed by atoms with Crippen molar-refractivity contribution in [3.05, 3.63) is 108 Å². The minimum absolute atomic E-state index is 0.156. The van der Waals surface area contributed by atoms with Crippen LogP contribution in [-0.2, 0) is 4.74 Å².